The van der Waals surface area contributed by atoms with Gasteiger partial charge in [0.2, 0.25) is 0 Å². The Morgan fingerprint density at radius 3 is 1.57 bits per heavy atom. The van der Waals surface area contributed by atoms with E-state index in [1.165, 1.54) is 0 Å². The smallest absolute Gasteiger partial charge is 0.200 e. The van der Waals surface area contributed by atoms with Crippen LogP contribution in [0.5, 0.6) is 0 Å². The Balaban J connectivity index is 3.15. The number of nitrogens with zero attached hydrogens (tertiary/aromatic N) is 1. The van der Waals surface area contributed by atoms with E-state index in [1.54, 1.807) is 0 Å². The number of hydrogen-bond acceptors (Lipinski definition) is 4. The van der Waals surface area contributed by atoms with Gasteiger partial charge in [0.05, 0.1) is 4.97 Å². The lowest BCUT2D eigenvalue weighted by molar-refractivity contribution is -1.37. The van der Waals surface area contributed by atoms with Crippen molar-refractivity contribution in [1.82, 2.24) is 0 Å². The van der Waals surface area contributed by atoms with E-state index in [0.29, 0.717) is 0 Å². The third kappa shape index (κ3) is 5.80. The second-order valence-corrected chi connectivity index (χ2v) is 1.14. The highest BCUT2D eigenvalue weighted by Crippen LogP contribution is 1.82. The van der Waals surface area contributed by atoms with E-state index >= 15 is 0 Å². The Morgan fingerprint density at radius 1 is 1.14 bits per heavy atom. The molecule has 0 heterocycles. The monoisotopic (exact) mass is 110 g/mol. The average Bonchev–Trinajstić information content (AvgIpc) is 1.30. The average molecular weight is 110 g/mol. The van der Waals surface area contributed by atoms with E-state index in [2.05, 4.69) is 0 Å². The Labute approximate surface area is 40.1 Å². The zero-order chi connectivity index (χ0) is 5.91. The quantitative estimate of drug-likeness (QED) is 0.270. The Kier molecular flexibility index (Phi) is 2.13. The molecule has 0 unspecified atom stereocenters. The fraction of sp³-hybridized carbons (Fsp3) is 1.00. The molecule has 4 N–H and O–H groups in total. The van der Waals surface area contributed by atoms with Gasteiger partial charge in [0.1, 0.15) is 6.61 Å². The van der Waals surface area contributed by atoms with Crippen molar-refractivity contribution >= 4 is 0 Å². The minimum atomic E-state index is -2.16. The fourth-order valence-corrected chi connectivity index (χ4v) is 0.134. The zero-order valence-electron chi connectivity index (χ0n) is 3.65. The number of aliphatic hydroxyl groups excluding tert-OH is 1. The predicted octanol–water partition coefficient (Wildman–Crippen LogP) is -1.04. The van der Waals surface area contributed by atoms with E-state index in [9.17, 15) is 0 Å². The van der Waals surface area contributed by atoms with Gasteiger partial charge in [0, 0.05) is 0 Å². The second kappa shape index (κ2) is 2.20. The summed E-state index contributed by atoms with van der Waals surface area (Å²) in [6.07, 6.45) is 0. The zero-order valence-corrected chi connectivity index (χ0v) is 3.65. The molecule has 0 radical (unpaired) electrons. The molecule has 0 aliphatic rings. The van der Waals surface area contributed by atoms with Gasteiger partial charge in [-0.1, -0.05) is 0 Å². The lowest BCUT2D eigenvalue weighted by atomic mass is 10.7. The topological polar surface area (TPSA) is 80.9 Å². The lowest BCUT2D eigenvalue weighted by Gasteiger charge is -2.07. The summed E-state index contributed by atoms with van der Waals surface area (Å²) >= 11 is 0. The van der Waals surface area contributed by atoms with Crippen LogP contribution in [-0.2, 0) is 0 Å². The van der Waals surface area contributed by atoms with Gasteiger partial charge in [0.15, 0.2) is 6.54 Å². The van der Waals surface area contributed by atoms with Crippen LogP contribution in [0.4, 0.5) is 0 Å². The maximum absolute atomic E-state index is 7.91. The molecular formula is C2H8NO4+. The van der Waals surface area contributed by atoms with Crippen molar-refractivity contribution in [1.29, 1.82) is 0 Å². The normalized spacial score (nSPS) is 12.0. The van der Waals surface area contributed by atoms with Crippen molar-refractivity contribution in [2.75, 3.05) is 13.2 Å². The van der Waals surface area contributed by atoms with E-state index in [4.69, 9.17) is 20.7 Å². The third-order valence-corrected chi connectivity index (χ3v) is 0.400. The van der Waals surface area contributed by atoms with Gasteiger partial charge in [-0.25, -0.2) is 0 Å². The van der Waals surface area contributed by atoms with Gasteiger partial charge in [-0.05, 0) is 0 Å². The summed E-state index contributed by atoms with van der Waals surface area (Å²) in [4.78, 5) is -2.16. The maximum Gasteiger partial charge on any atom is 0.200 e. The molecule has 0 fully saturated rings. The van der Waals surface area contributed by atoms with E-state index in [1.807, 2.05) is 0 Å². The maximum atomic E-state index is 7.91. The highest BCUT2D eigenvalue weighted by Gasteiger charge is 2.15. The molecule has 5 nitrogen and oxygen atoms in total. The molecule has 0 aromatic rings. The highest BCUT2D eigenvalue weighted by molar-refractivity contribution is 4.08. The van der Waals surface area contributed by atoms with Crippen LogP contribution in [0.15, 0.2) is 0 Å². The van der Waals surface area contributed by atoms with Crippen molar-refractivity contribution in [3.8, 4) is 0 Å². The molecule has 5 heteroatoms. The molecule has 44 valence electrons. The van der Waals surface area contributed by atoms with Crippen LogP contribution in [0.2, 0.25) is 0 Å². The Morgan fingerprint density at radius 2 is 1.57 bits per heavy atom. The van der Waals surface area contributed by atoms with Gasteiger partial charge in [-0.15, -0.1) is 15.6 Å². The minimum Gasteiger partial charge on any atom is -0.390 e. The minimum absolute atomic E-state index is 0.469. The van der Waals surface area contributed by atoms with Crippen molar-refractivity contribution in [2.45, 2.75) is 0 Å². The van der Waals surface area contributed by atoms with Gasteiger partial charge >= 0.3 is 0 Å². The third-order valence-electron chi connectivity index (χ3n) is 0.400. The summed E-state index contributed by atoms with van der Waals surface area (Å²) in [5, 5.41) is 31.6. The number of quaternary nitrogens is 1. The fourth-order valence-electron chi connectivity index (χ4n) is 0.134. The second-order valence-electron chi connectivity index (χ2n) is 1.14. The molecule has 0 spiro atoms. The summed E-state index contributed by atoms with van der Waals surface area (Å²) in [5.41, 5.74) is 0. The number of hydroxylamine groups is 3. The van der Waals surface area contributed by atoms with Gasteiger partial charge < -0.3 is 5.11 Å². The number of aliphatic hydroxyl groups is 1. The van der Waals surface area contributed by atoms with Crippen LogP contribution >= 0.6 is 0 Å². The molecule has 0 saturated heterocycles. The van der Waals surface area contributed by atoms with Crippen molar-refractivity contribution in [3.05, 3.63) is 0 Å². The van der Waals surface area contributed by atoms with Crippen LogP contribution in [-0.4, -0.2) is 38.9 Å². The first-order valence-corrected chi connectivity index (χ1v) is 1.73. The summed E-state index contributed by atoms with van der Waals surface area (Å²) < 4.78 is 0. The molecule has 0 rings (SSSR count). The van der Waals surface area contributed by atoms with Crippen LogP contribution < -0.4 is 0 Å². The summed E-state index contributed by atoms with van der Waals surface area (Å²) in [6.45, 7) is -0.969. The molecule has 0 saturated carbocycles. The van der Waals surface area contributed by atoms with E-state index in [-0.39, 0.29) is 0 Å². The molecule has 0 amide bonds. The first-order valence-electron chi connectivity index (χ1n) is 1.73. The summed E-state index contributed by atoms with van der Waals surface area (Å²) in [6, 6.07) is 0. The Bertz CT molecular complexity index is 48.1. The van der Waals surface area contributed by atoms with Gasteiger partial charge in [-0.2, -0.15) is 0 Å². The molecule has 0 aliphatic carbocycles. The molecule has 0 atom stereocenters. The number of hydrogen-bond donors (Lipinski definition) is 4. The standard InChI is InChI=1S/C2H8NO4/c4-2-1-3(5,6)7/h4-7H,1-2H2/q+1. The van der Waals surface area contributed by atoms with Crippen molar-refractivity contribution < 1.29 is 25.7 Å². The molecular weight excluding hydrogens is 102 g/mol. The molecule has 0 aromatic carbocycles. The lowest BCUT2D eigenvalue weighted by Crippen LogP contribution is -2.39. The highest BCUT2D eigenvalue weighted by atomic mass is 17.1. The number of rotatable bonds is 2. The largest absolute Gasteiger partial charge is 0.390 e. The van der Waals surface area contributed by atoms with Crippen LogP contribution in [0.3, 0.4) is 0 Å². The van der Waals surface area contributed by atoms with Gasteiger partial charge in [0.25, 0.3) is 0 Å². The summed E-state index contributed by atoms with van der Waals surface area (Å²) in [7, 11) is 0. The first-order chi connectivity index (χ1) is 3.06. The predicted molar refractivity (Wildman–Crippen MR) is 17.6 cm³/mol. The van der Waals surface area contributed by atoms with E-state index < -0.39 is 18.1 Å². The van der Waals surface area contributed by atoms with Crippen LogP contribution in [0.1, 0.15) is 0 Å². The van der Waals surface area contributed by atoms with E-state index in [0.717, 1.165) is 0 Å². The van der Waals surface area contributed by atoms with Crippen molar-refractivity contribution in [2.24, 2.45) is 0 Å². The van der Waals surface area contributed by atoms with Crippen LogP contribution in [0.25, 0.3) is 0 Å². The van der Waals surface area contributed by atoms with Crippen LogP contribution in [0, 0.1) is 0 Å². The first kappa shape index (κ1) is 6.80. The molecule has 0 bridgehead atoms. The van der Waals surface area contributed by atoms with Crippen molar-refractivity contribution in [3.63, 3.8) is 0 Å². The molecule has 0 aliphatic heterocycles. The Hall–Kier alpha value is -0.200. The summed E-state index contributed by atoms with van der Waals surface area (Å²) in [5.74, 6) is 0. The molecule has 7 heavy (non-hydrogen) atoms. The SMILES string of the molecule is OCC[N+](O)(O)O. The van der Waals surface area contributed by atoms with Gasteiger partial charge in [-0.3, -0.25) is 0 Å². The molecule has 0 aromatic heterocycles.